The van der Waals surface area contributed by atoms with E-state index in [0.29, 0.717) is 17.1 Å². The van der Waals surface area contributed by atoms with Crippen LogP contribution in [0.2, 0.25) is 0 Å². The number of aryl methyl sites for hydroxylation is 1. The van der Waals surface area contributed by atoms with E-state index in [1.165, 1.54) is 25.4 Å². The van der Waals surface area contributed by atoms with Gasteiger partial charge in [-0.3, -0.25) is 0 Å². The third-order valence-electron chi connectivity index (χ3n) is 3.08. The van der Waals surface area contributed by atoms with E-state index in [-0.39, 0.29) is 11.5 Å². The summed E-state index contributed by atoms with van der Waals surface area (Å²) in [5.74, 6) is -0.289. The maximum atomic E-state index is 13.0. The fourth-order valence-electron chi connectivity index (χ4n) is 2.01. The molecule has 0 radical (unpaired) electrons. The number of hydrogen-bond donors (Lipinski definition) is 0. The number of imidazole rings is 1. The Labute approximate surface area is 119 Å². The van der Waals surface area contributed by atoms with Gasteiger partial charge < -0.3 is 9.30 Å². The topological polar surface area (TPSA) is 69.9 Å². The van der Waals surface area contributed by atoms with Crippen molar-refractivity contribution in [1.29, 1.82) is 0 Å². The molecule has 2 aromatic heterocycles. The molecule has 0 aliphatic carbocycles. The molecule has 0 aliphatic heterocycles. The van der Waals surface area contributed by atoms with Crippen LogP contribution in [0.4, 0.5) is 4.39 Å². The van der Waals surface area contributed by atoms with Gasteiger partial charge in [-0.2, -0.15) is 0 Å². The van der Waals surface area contributed by atoms with Gasteiger partial charge in [0.05, 0.1) is 13.3 Å². The lowest BCUT2D eigenvalue weighted by Crippen LogP contribution is -2.06. The number of methoxy groups -OCH3 is 1. The predicted octanol–water partition coefficient (Wildman–Crippen LogP) is 1.96. The summed E-state index contributed by atoms with van der Waals surface area (Å²) in [7, 11) is 3.03. The van der Waals surface area contributed by atoms with Crippen molar-refractivity contribution in [3.63, 3.8) is 0 Å². The number of fused-ring (bicyclic) bond motifs is 1. The molecular weight excluding hydrogens is 275 g/mol. The molecular formula is C14H11FN4O2. The van der Waals surface area contributed by atoms with Crippen molar-refractivity contribution in [3.05, 3.63) is 42.0 Å². The van der Waals surface area contributed by atoms with Gasteiger partial charge in [0.2, 0.25) is 0 Å². The fourth-order valence-corrected chi connectivity index (χ4v) is 2.01. The minimum absolute atomic E-state index is 0.110. The van der Waals surface area contributed by atoms with Crippen LogP contribution in [0.1, 0.15) is 10.5 Å². The van der Waals surface area contributed by atoms with Crippen molar-refractivity contribution in [3.8, 4) is 11.4 Å². The number of esters is 1. The van der Waals surface area contributed by atoms with E-state index in [0.717, 1.165) is 5.56 Å². The van der Waals surface area contributed by atoms with Crippen LogP contribution >= 0.6 is 0 Å². The quantitative estimate of drug-likeness (QED) is 0.673. The second-order valence-corrected chi connectivity index (χ2v) is 4.40. The minimum atomic E-state index is -0.561. The number of nitrogens with zero attached hydrogens (tertiary/aromatic N) is 4. The highest BCUT2D eigenvalue weighted by Gasteiger charge is 2.15. The highest BCUT2D eigenvalue weighted by molar-refractivity contribution is 5.88. The van der Waals surface area contributed by atoms with Crippen LogP contribution in [0.3, 0.4) is 0 Å². The monoisotopic (exact) mass is 286 g/mol. The molecule has 0 saturated carbocycles. The van der Waals surface area contributed by atoms with Crippen LogP contribution in [0, 0.1) is 5.82 Å². The van der Waals surface area contributed by atoms with Crippen molar-refractivity contribution in [2.24, 2.45) is 7.05 Å². The molecule has 0 bridgehead atoms. The molecule has 106 valence electrons. The molecule has 0 saturated heterocycles. The summed E-state index contributed by atoms with van der Waals surface area (Å²) in [5.41, 5.74) is 1.71. The number of hydrogen-bond acceptors (Lipinski definition) is 5. The predicted molar refractivity (Wildman–Crippen MR) is 73.0 cm³/mol. The van der Waals surface area contributed by atoms with Crippen molar-refractivity contribution in [2.75, 3.05) is 7.11 Å². The summed E-state index contributed by atoms with van der Waals surface area (Å²) in [4.78, 5) is 24.1. The molecule has 0 atom stereocenters. The summed E-state index contributed by atoms with van der Waals surface area (Å²) in [6.07, 6.45) is 1.32. The Hall–Kier alpha value is -2.83. The Morgan fingerprint density at radius 3 is 2.62 bits per heavy atom. The van der Waals surface area contributed by atoms with E-state index < -0.39 is 5.97 Å². The largest absolute Gasteiger partial charge is 0.464 e. The van der Waals surface area contributed by atoms with E-state index in [4.69, 9.17) is 0 Å². The first-order chi connectivity index (χ1) is 10.1. The average Bonchev–Trinajstić information content (AvgIpc) is 2.84. The normalized spacial score (nSPS) is 10.8. The van der Waals surface area contributed by atoms with E-state index in [2.05, 4.69) is 19.7 Å². The number of ether oxygens (including phenoxy) is 1. The summed E-state index contributed by atoms with van der Waals surface area (Å²) >= 11 is 0. The second kappa shape index (κ2) is 4.93. The molecule has 0 spiro atoms. The minimum Gasteiger partial charge on any atom is -0.464 e. The molecule has 6 nitrogen and oxygen atoms in total. The van der Waals surface area contributed by atoms with Gasteiger partial charge in [0, 0.05) is 12.6 Å². The standard InChI is InChI=1S/C14H11FN4O2/c1-19-12(8-3-5-9(15)6-4-8)18-11-13(19)17-10(7-16-11)14(20)21-2/h3-7H,1-2H3. The van der Waals surface area contributed by atoms with Gasteiger partial charge in [-0.1, -0.05) is 0 Å². The van der Waals surface area contributed by atoms with Crippen molar-refractivity contribution in [2.45, 2.75) is 0 Å². The molecule has 2 heterocycles. The van der Waals surface area contributed by atoms with Crippen LogP contribution in [-0.4, -0.2) is 32.6 Å². The Balaban J connectivity index is 2.15. The highest BCUT2D eigenvalue weighted by atomic mass is 19.1. The third-order valence-corrected chi connectivity index (χ3v) is 3.08. The molecule has 21 heavy (non-hydrogen) atoms. The molecule has 3 rings (SSSR count). The van der Waals surface area contributed by atoms with Gasteiger partial charge in [0.1, 0.15) is 11.6 Å². The lowest BCUT2D eigenvalue weighted by molar-refractivity contribution is 0.0594. The Morgan fingerprint density at radius 2 is 1.95 bits per heavy atom. The summed E-state index contributed by atoms with van der Waals surface area (Å²) in [6, 6.07) is 5.96. The molecule has 0 N–H and O–H groups in total. The molecule has 0 unspecified atom stereocenters. The van der Waals surface area contributed by atoms with Crippen LogP contribution in [0.5, 0.6) is 0 Å². The van der Waals surface area contributed by atoms with Gasteiger partial charge in [0.15, 0.2) is 17.0 Å². The number of rotatable bonds is 2. The summed E-state index contributed by atoms with van der Waals surface area (Å²) in [6.45, 7) is 0. The highest BCUT2D eigenvalue weighted by Crippen LogP contribution is 2.22. The Morgan fingerprint density at radius 1 is 1.24 bits per heavy atom. The van der Waals surface area contributed by atoms with Crippen molar-refractivity contribution >= 4 is 17.3 Å². The summed E-state index contributed by atoms with van der Waals surface area (Å²) in [5, 5.41) is 0. The number of benzene rings is 1. The average molecular weight is 286 g/mol. The molecule has 7 heteroatoms. The van der Waals surface area contributed by atoms with E-state index in [1.807, 2.05) is 0 Å². The molecule has 3 aromatic rings. The molecule has 0 fully saturated rings. The first-order valence-corrected chi connectivity index (χ1v) is 6.14. The van der Waals surface area contributed by atoms with Crippen LogP contribution in [-0.2, 0) is 11.8 Å². The number of carbonyl (C=O) groups is 1. The van der Waals surface area contributed by atoms with Gasteiger partial charge in [-0.25, -0.2) is 24.1 Å². The second-order valence-electron chi connectivity index (χ2n) is 4.40. The Bertz CT molecular complexity index is 827. The first kappa shape index (κ1) is 13.2. The van der Waals surface area contributed by atoms with Gasteiger partial charge in [-0.05, 0) is 24.3 Å². The van der Waals surface area contributed by atoms with Crippen molar-refractivity contribution < 1.29 is 13.9 Å². The molecule has 0 aliphatic rings. The van der Waals surface area contributed by atoms with Gasteiger partial charge in [0.25, 0.3) is 0 Å². The van der Waals surface area contributed by atoms with Crippen molar-refractivity contribution in [1.82, 2.24) is 19.5 Å². The molecule has 0 amide bonds. The van der Waals surface area contributed by atoms with Crippen LogP contribution < -0.4 is 0 Å². The number of halogens is 1. The maximum absolute atomic E-state index is 13.0. The zero-order chi connectivity index (χ0) is 15.0. The zero-order valence-electron chi connectivity index (χ0n) is 11.4. The van der Waals surface area contributed by atoms with E-state index >= 15 is 0 Å². The third kappa shape index (κ3) is 2.22. The van der Waals surface area contributed by atoms with Crippen LogP contribution in [0.25, 0.3) is 22.7 Å². The lowest BCUT2D eigenvalue weighted by atomic mass is 10.2. The maximum Gasteiger partial charge on any atom is 0.358 e. The SMILES string of the molecule is COC(=O)c1cnc2nc(-c3ccc(F)cc3)n(C)c2n1. The lowest BCUT2D eigenvalue weighted by Gasteiger charge is -2.02. The zero-order valence-corrected chi connectivity index (χ0v) is 11.4. The number of aromatic nitrogens is 4. The Kier molecular flexibility index (Phi) is 3.09. The summed E-state index contributed by atoms with van der Waals surface area (Å²) < 4.78 is 19.3. The van der Waals surface area contributed by atoms with Gasteiger partial charge in [-0.15, -0.1) is 0 Å². The first-order valence-electron chi connectivity index (χ1n) is 6.14. The van der Waals surface area contributed by atoms with Crippen LogP contribution in [0.15, 0.2) is 30.5 Å². The number of carbonyl (C=O) groups excluding carboxylic acids is 1. The van der Waals surface area contributed by atoms with E-state index in [9.17, 15) is 9.18 Å². The molecule has 1 aromatic carbocycles. The van der Waals surface area contributed by atoms with E-state index in [1.54, 1.807) is 23.7 Å². The van der Waals surface area contributed by atoms with Gasteiger partial charge >= 0.3 is 5.97 Å². The smallest absolute Gasteiger partial charge is 0.358 e. The fraction of sp³-hybridized carbons (Fsp3) is 0.143.